The van der Waals surface area contributed by atoms with Crippen LogP contribution in [0.25, 0.3) is 10.9 Å². The highest BCUT2D eigenvalue weighted by atomic mass is 32.1. The summed E-state index contributed by atoms with van der Waals surface area (Å²) in [6, 6.07) is 17.8. The number of ether oxygens (including phenoxy) is 1. The topological polar surface area (TPSA) is 84.4 Å². The number of amides is 1. The minimum absolute atomic E-state index is 0.377. The van der Waals surface area contributed by atoms with Gasteiger partial charge in [-0.3, -0.25) is 20.0 Å². The molecule has 8 heteroatoms. The van der Waals surface area contributed by atoms with Gasteiger partial charge in [0.15, 0.2) is 11.7 Å². The largest absolute Gasteiger partial charge is 0.452 e. The van der Waals surface area contributed by atoms with Crippen LogP contribution in [0.2, 0.25) is 0 Å². The minimum Gasteiger partial charge on any atom is -0.452 e. The van der Waals surface area contributed by atoms with Crippen molar-refractivity contribution in [1.82, 2.24) is 14.9 Å². The quantitative estimate of drug-likeness (QED) is 0.439. The number of hydrogen-bond acceptors (Lipinski definition) is 7. The molecule has 1 N–H and O–H groups in total. The molecule has 4 aromatic rings. The van der Waals surface area contributed by atoms with Crippen molar-refractivity contribution in [3.8, 4) is 0 Å². The van der Waals surface area contributed by atoms with E-state index in [-0.39, 0.29) is 6.61 Å². The summed E-state index contributed by atoms with van der Waals surface area (Å²) >= 11 is 1.31. The molecule has 1 amide bonds. The van der Waals surface area contributed by atoms with Gasteiger partial charge in [0, 0.05) is 54.3 Å². The first-order valence-electron chi connectivity index (χ1n) is 10.7. The van der Waals surface area contributed by atoms with Crippen LogP contribution in [-0.2, 0) is 29.0 Å². The van der Waals surface area contributed by atoms with Crippen molar-refractivity contribution in [3.05, 3.63) is 88.6 Å². The summed E-state index contributed by atoms with van der Waals surface area (Å²) in [6.45, 7) is 1.87. The molecule has 2 aromatic carbocycles. The number of esters is 1. The highest BCUT2D eigenvalue weighted by Gasteiger charge is 2.27. The molecule has 33 heavy (non-hydrogen) atoms. The van der Waals surface area contributed by atoms with Crippen molar-refractivity contribution >= 4 is 39.2 Å². The first kappa shape index (κ1) is 21.2. The Kier molecular flexibility index (Phi) is 6.10. The first-order valence-corrected chi connectivity index (χ1v) is 11.6. The SMILES string of the molecule is O=C(COC(=O)c1c2c(nc3ccccc13)CCN(Cc1ccccc1)C2)Nc1nccs1. The number of pyridine rings is 1. The molecule has 0 aliphatic carbocycles. The molecule has 0 radical (unpaired) electrons. The van der Waals surface area contributed by atoms with Crippen LogP contribution in [0.15, 0.2) is 66.2 Å². The van der Waals surface area contributed by atoms with Gasteiger partial charge < -0.3 is 4.74 Å². The van der Waals surface area contributed by atoms with E-state index in [1.807, 2.05) is 42.5 Å². The third-order valence-electron chi connectivity index (χ3n) is 5.59. The van der Waals surface area contributed by atoms with E-state index in [4.69, 9.17) is 9.72 Å². The average Bonchev–Trinajstić information content (AvgIpc) is 3.35. The lowest BCUT2D eigenvalue weighted by atomic mass is 9.95. The monoisotopic (exact) mass is 458 g/mol. The van der Waals surface area contributed by atoms with Gasteiger partial charge in [0.25, 0.3) is 5.91 Å². The Labute approximate surface area is 195 Å². The van der Waals surface area contributed by atoms with Crippen molar-refractivity contribution in [1.29, 1.82) is 0 Å². The Morgan fingerprint density at radius 3 is 2.73 bits per heavy atom. The maximum absolute atomic E-state index is 13.2. The van der Waals surface area contributed by atoms with E-state index in [0.717, 1.165) is 41.7 Å². The third kappa shape index (κ3) is 4.76. The number of benzene rings is 2. The van der Waals surface area contributed by atoms with Crippen LogP contribution in [0.1, 0.15) is 27.2 Å². The number of aromatic nitrogens is 2. The molecule has 1 aliphatic rings. The zero-order valence-electron chi connectivity index (χ0n) is 17.9. The van der Waals surface area contributed by atoms with Gasteiger partial charge in [-0.25, -0.2) is 9.78 Å². The van der Waals surface area contributed by atoms with Gasteiger partial charge in [0.2, 0.25) is 0 Å². The van der Waals surface area contributed by atoms with E-state index in [1.165, 1.54) is 16.9 Å². The number of nitrogens with one attached hydrogen (secondary N) is 1. The predicted octanol–water partition coefficient (Wildman–Crippen LogP) is 4.05. The number of anilines is 1. The molecule has 0 saturated carbocycles. The number of hydrogen-bond donors (Lipinski definition) is 1. The molecule has 2 aromatic heterocycles. The van der Waals surface area contributed by atoms with Gasteiger partial charge in [0.05, 0.1) is 11.1 Å². The molecule has 3 heterocycles. The molecule has 0 unspecified atom stereocenters. The Morgan fingerprint density at radius 1 is 1.09 bits per heavy atom. The van der Waals surface area contributed by atoms with E-state index in [1.54, 1.807) is 11.6 Å². The summed E-state index contributed by atoms with van der Waals surface area (Å²) in [5, 5.41) is 5.61. The summed E-state index contributed by atoms with van der Waals surface area (Å²) in [7, 11) is 0. The highest BCUT2D eigenvalue weighted by Crippen LogP contribution is 2.29. The fourth-order valence-electron chi connectivity index (χ4n) is 4.10. The number of nitrogens with zero attached hydrogens (tertiary/aromatic N) is 3. The fourth-order valence-corrected chi connectivity index (χ4v) is 4.64. The Balaban J connectivity index is 1.40. The molecule has 0 saturated heterocycles. The van der Waals surface area contributed by atoms with Crippen molar-refractivity contribution in [2.45, 2.75) is 19.5 Å². The van der Waals surface area contributed by atoms with E-state index >= 15 is 0 Å². The lowest BCUT2D eigenvalue weighted by Crippen LogP contribution is -2.32. The molecule has 0 spiro atoms. The summed E-state index contributed by atoms with van der Waals surface area (Å²) in [5.41, 5.74) is 4.26. The van der Waals surface area contributed by atoms with Crippen molar-refractivity contribution in [2.24, 2.45) is 0 Å². The van der Waals surface area contributed by atoms with E-state index < -0.39 is 11.9 Å². The predicted molar refractivity (Wildman–Crippen MR) is 127 cm³/mol. The van der Waals surface area contributed by atoms with Crippen LogP contribution in [-0.4, -0.2) is 39.9 Å². The van der Waals surface area contributed by atoms with Gasteiger partial charge in [-0.05, 0) is 11.6 Å². The highest BCUT2D eigenvalue weighted by molar-refractivity contribution is 7.13. The van der Waals surface area contributed by atoms with Gasteiger partial charge >= 0.3 is 5.97 Å². The second-order valence-corrected chi connectivity index (χ2v) is 8.73. The average molecular weight is 459 g/mol. The molecule has 1 aliphatic heterocycles. The second-order valence-electron chi connectivity index (χ2n) is 7.84. The summed E-state index contributed by atoms with van der Waals surface area (Å²) in [5.74, 6) is -0.933. The number of fused-ring (bicyclic) bond motifs is 2. The van der Waals surface area contributed by atoms with Crippen LogP contribution in [0.5, 0.6) is 0 Å². The van der Waals surface area contributed by atoms with Gasteiger partial charge in [0.1, 0.15) is 0 Å². The summed E-state index contributed by atoms with van der Waals surface area (Å²) in [6.07, 6.45) is 2.35. The summed E-state index contributed by atoms with van der Waals surface area (Å²) < 4.78 is 5.45. The van der Waals surface area contributed by atoms with Crippen LogP contribution >= 0.6 is 11.3 Å². The normalized spacial score (nSPS) is 13.5. The van der Waals surface area contributed by atoms with Crippen LogP contribution in [0.3, 0.4) is 0 Å². The molecular formula is C25H22N4O3S. The van der Waals surface area contributed by atoms with Gasteiger partial charge in [-0.2, -0.15) is 0 Å². The van der Waals surface area contributed by atoms with Crippen molar-refractivity contribution in [3.63, 3.8) is 0 Å². The van der Waals surface area contributed by atoms with E-state index in [9.17, 15) is 9.59 Å². The Hall–Kier alpha value is -3.62. The van der Waals surface area contributed by atoms with Crippen LogP contribution in [0.4, 0.5) is 5.13 Å². The zero-order chi connectivity index (χ0) is 22.6. The first-order chi connectivity index (χ1) is 16.2. The van der Waals surface area contributed by atoms with Gasteiger partial charge in [-0.1, -0.05) is 48.5 Å². The zero-order valence-corrected chi connectivity index (χ0v) is 18.7. The number of carbonyl (C=O) groups is 2. The van der Waals surface area contributed by atoms with Crippen LogP contribution < -0.4 is 5.32 Å². The van der Waals surface area contributed by atoms with Crippen molar-refractivity contribution in [2.75, 3.05) is 18.5 Å². The molecule has 0 fully saturated rings. The number of carbonyl (C=O) groups excluding carboxylic acids is 2. The molecular weight excluding hydrogens is 436 g/mol. The lowest BCUT2D eigenvalue weighted by Gasteiger charge is -2.30. The maximum Gasteiger partial charge on any atom is 0.339 e. The Morgan fingerprint density at radius 2 is 1.91 bits per heavy atom. The number of rotatable bonds is 6. The van der Waals surface area contributed by atoms with Crippen LogP contribution in [0, 0.1) is 0 Å². The van der Waals surface area contributed by atoms with E-state index in [0.29, 0.717) is 17.2 Å². The van der Waals surface area contributed by atoms with Gasteiger partial charge in [-0.15, -0.1) is 11.3 Å². The summed E-state index contributed by atoms with van der Waals surface area (Å²) in [4.78, 5) is 36.6. The molecule has 7 nitrogen and oxygen atoms in total. The fraction of sp³-hybridized carbons (Fsp3) is 0.200. The Bertz CT molecular complexity index is 1290. The molecule has 5 rings (SSSR count). The molecule has 0 atom stereocenters. The second kappa shape index (κ2) is 9.48. The van der Waals surface area contributed by atoms with E-state index in [2.05, 4.69) is 27.3 Å². The minimum atomic E-state index is -0.513. The maximum atomic E-state index is 13.2. The molecule has 0 bridgehead atoms. The number of thiazole rings is 1. The third-order valence-corrected chi connectivity index (χ3v) is 6.28. The standard InChI is InChI=1S/C25H22N4O3S/c30-22(28-25-26-11-13-33-25)16-32-24(31)23-18-8-4-5-9-20(18)27-21-10-12-29(15-19(21)23)14-17-6-2-1-3-7-17/h1-9,11,13H,10,12,14-16H2,(H,26,28,30). The smallest absolute Gasteiger partial charge is 0.339 e. The molecule has 166 valence electrons. The lowest BCUT2D eigenvalue weighted by molar-refractivity contribution is -0.119. The van der Waals surface area contributed by atoms with Crippen molar-refractivity contribution < 1.29 is 14.3 Å². The number of para-hydroxylation sites is 1.